The second-order valence-electron chi connectivity index (χ2n) is 8.25. The summed E-state index contributed by atoms with van der Waals surface area (Å²) in [7, 11) is 0. The van der Waals surface area contributed by atoms with E-state index in [4.69, 9.17) is 9.47 Å². The minimum atomic E-state index is -0.230. The number of hydrogen-bond acceptors (Lipinski definition) is 5. The zero-order valence-electron chi connectivity index (χ0n) is 17.3. The van der Waals surface area contributed by atoms with E-state index < -0.39 is 0 Å². The van der Waals surface area contributed by atoms with Gasteiger partial charge in [-0.2, -0.15) is 10.2 Å². The maximum absolute atomic E-state index is 12.9. The summed E-state index contributed by atoms with van der Waals surface area (Å²) >= 11 is 3.53. The van der Waals surface area contributed by atoms with Gasteiger partial charge >= 0.3 is 0 Å². The molecule has 8 nitrogen and oxygen atoms in total. The third kappa shape index (κ3) is 4.68. The van der Waals surface area contributed by atoms with Gasteiger partial charge in [0.2, 0.25) is 0 Å². The molecule has 1 unspecified atom stereocenters. The Morgan fingerprint density at radius 1 is 1.16 bits per heavy atom. The number of benzene rings is 1. The van der Waals surface area contributed by atoms with Crippen LogP contribution in [0, 0.1) is 5.92 Å². The number of rotatable bonds is 5. The molecule has 164 valence electrons. The first kappa shape index (κ1) is 20.7. The molecule has 9 heteroatoms. The number of nitrogens with one attached hydrogen (secondary N) is 1. The maximum atomic E-state index is 12.9. The molecule has 0 aliphatic carbocycles. The van der Waals surface area contributed by atoms with Crippen LogP contribution in [0.2, 0.25) is 0 Å². The highest BCUT2D eigenvalue weighted by Crippen LogP contribution is 2.31. The smallest absolute Gasteiger partial charge is 0.276 e. The van der Waals surface area contributed by atoms with Crippen molar-refractivity contribution in [2.75, 3.05) is 25.1 Å². The molecule has 1 atom stereocenters. The molecule has 2 aliphatic rings. The molecule has 5 rings (SSSR count). The largest absolute Gasteiger partial charge is 0.381 e. The number of aromatic nitrogens is 4. The first-order chi connectivity index (χ1) is 15.2. The van der Waals surface area contributed by atoms with Crippen molar-refractivity contribution in [2.24, 2.45) is 5.92 Å². The Balaban J connectivity index is 1.33. The predicted molar refractivity (Wildman–Crippen MR) is 120 cm³/mol. The van der Waals surface area contributed by atoms with E-state index in [1.165, 1.54) is 0 Å². The van der Waals surface area contributed by atoms with Crippen molar-refractivity contribution >= 4 is 38.4 Å². The van der Waals surface area contributed by atoms with Gasteiger partial charge in [-0.05, 0) is 56.2 Å². The summed E-state index contributed by atoms with van der Waals surface area (Å²) in [4.78, 5) is 12.9. The Morgan fingerprint density at radius 2 is 2.03 bits per heavy atom. The van der Waals surface area contributed by atoms with Crippen molar-refractivity contribution in [2.45, 2.75) is 44.9 Å². The fourth-order valence-electron chi connectivity index (χ4n) is 4.26. The van der Waals surface area contributed by atoms with Crippen LogP contribution in [-0.4, -0.2) is 45.3 Å². The van der Waals surface area contributed by atoms with Crippen LogP contribution in [0.1, 0.15) is 48.8 Å². The molecule has 2 aromatic heterocycles. The van der Waals surface area contributed by atoms with Gasteiger partial charge < -0.3 is 14.8 Å². The Kier molecular flexibility index (Phi) is 6.06. The van der Waals surface area contributed by atoms with E-state index in [0.29, 0.717) is 17.3 Å². The molecule has 0 saturated carbocycles. The lowest BCUT2D eigenvalue weighted by Crippen LogP contribution is -2.21. The van der Waals surface area contributed by atoms with Crippen molar-refractivity contribution in [3.8, 4) is 0 Å². The van der Waals surface area contributed by atoms with Crippen molar-refractivity contribution in [3.63, 3.8) is 0 Å². The van der Waals surface area contributed by atoms with Crippen LogP contribution in [0.3, 0.4) is 0 Å². The Hall–Kier alpha value is -2.23. The Labute approximate surface area is 189 Å². The van der Waals surface area contributed by atoms with E-state index in [1.807, 2.05) is 33.9 Å². The molecule has 2 fully saturated rings. The van der Waals surface area contributed by atoms with E-state index in [1.54, 1.807) is 6.07 Å². The van der Waals surface area contributed by atoms with E-state index >= 15 is 0 Å². The number of anilines is 1. The van der Waals surface area contributed by atoms with Crippen LogP contribution < -0.4 is 5.32 Å². The molecule has 1 N–H and O–H groups in total. The molecule has 4 heterocycles. The average Bonchev–Trinajstić information content (AvgIpc) is 3.42. The molecule has 31 heavy (non-hydrogen) atoms. The van der Waals surface area contributed by atoms with E-state index in [9.17, 15) is 4.79 Å². The van der Waals surface area contributed by atoms with E-state index in [0.717, 1.165) is 73.8 Å². The van der Waals surface area contributed by atoms with Crippen LogP contribution in [0.15, 0.2) is 35.1 Å². The van der Waals surface area contributed by atoms with Crippen molar-refractivity contribution < 1.29 is 14.3 Å². The summed E-state index contributed by atoms with van der Waals surface area (Å²) in [5.74, 6) is 0.314. The second kappa shape index (κ2) is 9.10. The number of amides is 1. The third-order valence-electron chi connectivity index (χ3n) is 5.97. The molecule has 3 aromatic rings. The van der Waals surface area contributed by atoms with Crippen molar-refractivity contribution in [3.05, 3.63) is 40.8 Å². The number of carbonyl (C=O) groups is 1. The lowest BCUT2D eigenvalue weighted by molar-refractivity contribution is -0.0390. The summed E-state index contributed by atoms with van der Waals surface area (Å²) in [6.45, 7) is 3.17. The molecule has 2 saturated heterocycles. The van der Waals surface area contributed by atoms with Gasteiger partial charge in [-0.3, -0.25) is 9.48 Å². The van der Waals surface area contributed by atoms with Crippen LogP contribution >= 0.6 is 15.9 Å². The summed E-state index contributed by atoms with van der Waals surface area (Å²) in [5.41, 5.74) is 1.92. The number of nitrogens with zero attached hydrogens (tertiary/aromatic N) is 4. The highest BCUT2D eigenvalue weighted by Gasteiger charge is 2.20. The zero-order valence-corrected chi connectivity index (χ0v) is 18.9. The van der Waals surface area contributed by atoms with Gasteiger partial charge in [-0.15, -0.1) is 0 Å². The van der Waals surface area contributed by atoms with Crippen LogP contribution in [0.5, 0.6) is 0 Å². The van der Waals surface area contributed by atoms with E-state index in [2.05, 4.69) is 31.4 Å². The number of fused-ring (bicyclic) bond motifs is 1. The predicted octanol–water partition coefficient (Wildman–Crippen LogP) is 4.37. The van der Waals surface area contributed by atoms with Gasteiger partial charge in [0.1, 0.15) is 6.23 Å². The highest BCUT2D eigenvalue weighted by molar-refractivity contribution is 9.10. The SMILES string of the molecule is O=C(Nc1cc(Br)cc2nn(C3CCCCO3)cc12)c1ccn(CC2CCOCC2)n1. The molecule has 1 aromatic carbocycles. The standard InChI is InChI=1S/C22H26BrN5O3/c23-16-11-19(17-14-28(26-20(17)12-16)21-3-1-2-8-31-21)24-22(29)18-4-7-27(25-18)13-15-5-9-30-10-6-15/h4,7,11-12,14-15,21H,1-3,5-6,8-10,13H2,(H,24,29). The van der Waals surface area contributed by atoms with E-state index in [-0.39, 0.29) is 12.1 Å². The molecule has 2 aliphatic heterocycles. The van der Waals surface area contributed by atoms with Crippen LogP contribution in [0.25, 0.3) is 10.9 Å². The molecular formula is C22H26BrN5O3. The second-order valence-corrected chi connectivity index (χ2v) is 9.17. The number of ether oxygens (including phenoxy) is 2. The van der Waals surface area contributed by atoms with Crippen molar-refractivity contribution in [1.29, 1.82) is 0 Å². The molecule has 0 radical (unpaired) electrons. The fraction of sp³-hybridized carbons (Fsp3) is 0.500. The Morgan fingerprint density at radius 3 is 2.84 bits per heavy atom. The van der Waals surface area contributed by atoms with Gasteiger partial charge in [-0.1, -0.05) is 15.9 Å². The lowest BCUT2D eigenvalue weighted by atomic mass is 10.0. The zero-order chi connectivity index (χ0) is 21.2. The normalized spacial score (nSPS) is 20.2. The number of hydrogen-bond donors (Lipinski definition) is 1. The van der Waals surface area contributed by atoms with Gasteiger partial charge in [0.25, 0.3) is 5.91 Å². The van der Waals surface area contributed by atoms with Crippen LogP contribution in [0.4, 0.5) is 5.69 Å². The number of carbonyl (C=O) groups excluding carboxylic acids is 1. The first-order valence-corrected chi connectivity index (χ1v) is 11.7. The third-order valence-corrected chi connectivity index (χ3v) is 6.42. The average molecular weight is 488 g/mol. The van der Waals surface area contributed by atoms with Crippen molar-refractivity contribution in [1.82, 2.24) is 19.6 Å². The molecule has 0 bridgehead atoms. The van der Waals surface area contributed by atoms with Gasteiger partial charge in [-0.25, -0.2) is 4.68 Å². The minimum absolute atomic E-state index is 0.0515. The molecule has 0 spiro atoms. The van der Waals surface area contributed by atoms with Gasteiger partial charge in [0, 0.05) is 48.6 Å². The quantitative estimate of drug-likeness (QED) is 0.577. The summed E-state index contributed by atoms with van der Waals surface area (Å²) in [6.07, 6.45) is 9.01. The highest BCUT2D eigenvalue weighted by atomic mass is 79.9. The molecular weight excluding hydrogens is 462 g/mol. The van der Waals surface area contributed by atoms with Gasteiger partial charge in [0.15, 0.2) is 5.69 Å². The fourth-order valence-corrected chi connectivity index (χ4v) is 4.70. The summed E-state index contributed by atoms with van der Waals surface area (Å²) in [5, 5.41) is 13.1. The Bertz CT molecular complexity index is 1070. The minimum Gasteiger partial charge on any atom is -0.381 e. The maximum Gasteiger partial charge on any atom is 0.276 e. The topological polar surface area (TPSA) is 83.2 Å². The first-order valence-electron chi connectivity index (χ1n) is 10.9. The lowest BCUT2D eigenvalue weighted by Gasteiger charge is -2.22. The van der Waals surface area contributed by atoms with Gasteiger partial charge in [0.05, 0.1) is 11.2 Å². The monoisotopic (exact) mass is 487 g/mol. The number of halogens is 1. The van der Waals surface area contributed by atoms with Crippen LogP contribution in [-0.2, 0) is 16.0 Å². The molecule has 1 amide bonds. The summed E-state index contributed by atoms with van der Waals surface area (Å²) < 4.78 is 15.9. The summed E-state index contributed by atoms with van der Waals surface area (Å²) in [6, 6.07) is 5.61.